The molecule has 2 N–H and O–H groups in total. The fraction of sp³-hybridized carbons (Fsp3) is 0.200. The molecule has 0 aliphatic heterocycles. The average molecular weight is 372 g/mol. The molecule has 0 spiro atoms. The van der Waals surface area contributed by atoms with Crippen LogP contribution < -0.4 is 5.56 Å². The van der Waals surface area contributed by atoms with Crippen molar-refractivity contribution in [1.82, 2.24) is 4.98 Å². The lowest BCUT2D eigenvalue weighted by molar-refractivity contribution is -0.143. The number of fused-ring (bicyclic) bond motifs is 1. The van der Waals surface area contributed by atoms with Gasteiger partial charge in [0.15, 0.2) is 0 Å². The van der Waals surface area contributed by atoms with Crippen molar-refractivity contribution in [2.24, 2.45) is 0 Å². The molecule has 3 rings (SSSR count). The minimum Gasteiger partial charge on any atom is -0.507 e. The number of ether oxygens (including phenoxy) is 1. The van der Waals surface area contributed by atoms with Crippen LogP contribution in [0.5, 0.6) is 5.75 Å². The molecule has 0 bridgehead atoms. The molecule has 1 aromatic heterocycles. The van der Waals surface area contributed by atoms with Crippen LogP contribution in [0.3, 0.4) is 0 Å². The van der Waals surface area contributed by atoms with E-state index in [1.165, 1.54) is 0 Å². The third-order valence-electron chi connectivity index (χ3n) is 4.21. The van der Waals surface area contributed by atoms with Gasteiger partial charge >= 0.3 is 5.97 Å². The number of aromatic hydroxyl groups is 1. The molecule has 2 aromatic carbocycles. The minimum absolute atomic E-state index is 0.0802. The fourth-order valence-corrected chi connectivity index (χ4v) is 3.26. The topological polar surface area (TPSA) is 79.4 Å². The van der Waals surface area contributed by atoms with Crippen molar-refractivity contribution >= 4 is 28.5 Å². The van der Waals surface area contributed by atoms with E-state index in [1.54, 1.807) is 55.5 Å². The summed E-state index contributed by atoms with van der Waals surface area (Å²) < 4.78 is 5.05. The number of rotatable bonds is 5. The molecule has 0 fully saturated rings. The Morgan fingerprint density at radius 3 is 2.73 bits per heavy atom. The quantitative estimate of drug-likeness (QED) is 0.665. The van der Waals surface area contributed by atoms with Crippen LogP contribution >= 0.6 is 11.6 Å². The summed E-state index contributed by atoms with van der Waals surface area (Å²) in [5.41, 5.74) is 0.857. The van der Waals surface area contributed by atoms with Gasteiger partial charge in [-0.05, 0) is 36.8 Å². The summed E-state index contributed by atoms with van der Waals surface area (Å²) in [5, 5.41) is 11.8. The first-order valence-corrected chi connectivity index (χ1v) is 8.64. The van der Waals surface area contributed by atoms with Crippen LogP contribution in [0.1, 0.15) is 30.4 Å². The summed E-state index contributed by atoms with van der Waals surface area (Å²) in [7, 11) is 0. The molecule has 0 unspecified atom stereocenters. The zero-order valence-corrected chi connectivity index (χ0v) is 14.9. The van der Waals surface area contributed by atoms with E-state index < -0.39 is 17.4 Å². The average Bonchev–Trinajstić information content (AvgIpc) is 2.61. The molecular formula is C20H18ClNO4. The Balaban J connectivity index is 2.20. The van der Waals surface area contributed by atoms with E-state index in [2.05, 4.69) is 4.98 Å². The van der Waals surface area contributed by atoms with Crippen molar-refractivity contribution in [2.75, 3.05) is 6.61 Å². The molecule has 0 amide bonds. The second kappa shape index (κ2) is 7.62. The maximum Gasteiger partial charge on any atom is 0.306 e. The van der Waals surface area contributed by atoms with E-state index in [0.717, 1.165) is 0 Å². The largest absolute Gasteiger partial charge is 0.507 e. The first-order chi connectivity index (χ1) is 12.5. The second-order valence-electron chi connectivity index (χ2n) is 5.88. The van der Waals surface area contributed by atoms with Crippen molar-refractivity contribution in [2.45, 2.75) is 19.3 Å². The number of hydrogen-bond donors (Lipinski definition) is 2. The number of pyridine rings is 1. The number of nitrogens with one attached hydrogen (secondary N) is 1. The highest BCUT2D eigenvalue weighted by Gasteiger charge is 2.26. The predicted molar refractivity (Wildman–Crippen MR) is 101 cm³/mol. The van der Waals surface area contributed by atoms with Gasteiger partial charge in [0.05, 0.1) is 24.1 Å². The third-order valence-corrected chi connectivity index (χ3v) is 4.44. The summed E-state index contributed by atoms with van der Waals surface area (Å²) in [6, 6.07) is 13.8. The molecule has 0 saturated heterocycles. The SMILES string of the molecule is CCOC(=O)C[C@@H](c1cccc(Cl)c1)c1c(O)c2ccccc2[nH]c1=O. The smallest absolute Gasteiger partial charge is 0.306 e. The van der Waals surface area contributed by atoms with Crippen LogP contribution in [0.15, 0.2) is 53.3 Å². The maximum absolute atomic E-state index is 12.7. The van der Waals surface area contributed by atoms with Gasteiger partial charge in [0.25, 0.3) is 5.56 Å². The number of aromatic amines is 1. The lowest BCUT2D eigenvalue weighted by Gasteiger charge is -2.19. The minimum atomic E-state index is -0.680. The molecule has 0 aliphatic rings. The summed E-state index contributed by atoms with van der Waals surface area (Å²) >= 11 is 6.08. The number of halogens is 1. The van der Waals surface area contributed by atoms with Gasteiger partial charge in [-0.15, -0.1) is 0 Å². The van der Waals surface area contributed by atoms with Crippen molar-refractivity contribution in [3.05, 3.63) is 75.0 Å². The van der Waals surface area contributed by atoms with Gasteiger partial charge in [-0.25, -0.2) is 0 Å². The van der Waals surface area contributed by atoms with E-state index in [9.17, 15) is 14.7 Å². The Kier molecular flexibility index (Phi) is 5.28. The molecule has 1 heterocycles. The Bertz CT molecular complexity index is 1010. The van der Waals surface area contributed by atoms with Gasteiger partial charge in [0.1, 0.15) is 5.75 Å². The number of para-hydroxylation sites is 1. The monoisotopic (exact) mass is 371 g/mol. The molecule has 1 atom stereocenters. The molecule has 26 heavy (non-hydrogen) atoms. The zero-order chi connectivity index (χ0) is 18.7. The highest BCUT2D eigenvalue weighted by Crippen LogP contribution is 2.36. The molecule has 0 radical (unpaired) electrons. The maximum atomic E-state index is 12.7. The van der Waals surface area contributed by atoms with Crippen LogP contribution in [0.4, 0.5) is 0 Å². The molecule has 3 aromatic rings. The van der Waals surface area contributed by atoms with E-state index in [4.69, 9.17) is 16.3 Å². The van der Waals surface area contributed by atoms with Gasteiger partial charge in [0, 0.05) is 16.3 Å². The highest BCUT2D eigenvalue weighted by atomic mass is 35.5. The van der Waals surface area contributed by atoms with Crippen molar-refractivity contribution in [3.8, 4) is 5.75 Å². The predicted octanol–water partition coefficient (Wildman–Crippen LogP) is 3.97. The normalized spacial score (nSPS) is 12.1. The van der Waals surface area contributed by atoms with Gasteiger partial charge in [-0.3, -0.25) is 9.59 Å². The summed E-state index contributed by atoms with van der Waals surface area (Å²) in [5.74, 6) is -1.27. The number of esters is 1. The number of carbonyl (C=O) groups excluding carboxylic acids is 1. The van der Waals surface area contributed by atoms with Crippen molar-refractivity contribution < 1.29 is 14.6 Å². The van der Waals surface area contributed by atoms with Crippen LogP contribution in [-0.2, 0) is 9.53 Å². The second-order valence-corrected chi connectivity index (χ2v) is 6.32. The van der Waals surface area contributed by atoms with E-state index >= 15 is 0 Å². The van der Waals surface area contributed by atoms with Gasteiger partial charge in [-0.2, -0.15) is 0 Å². The van der Waals surface area contributed by atoms with Crippen LogP contribution in [-0.4, -0.2) is 22.7 Å². The number of benzene rings is 2. The number of carbonyl (C=O) groups is 1. The number of H-pyrrole nitrogens is 1. The summed E-state index contributed by atoms with van der Waals surface area (Å²) in [4.78, 5) is 27.6. The number of aromatic nitrogens is 1. The van der Waals surface area contributed by atoms with E-state index in [0.29, 0.717) is 21.5 Å². The number of hydrogen-bond acceptors (Lipinski definition) is 4. The van der Waals surface area contributed by atoms with Crippen LogP contribution in [0, 0.1) is 0 Å². The highest BCUT2D eigenvalue weighted by molar-refractivity contribution is 6.30. The Morgan fingerprint density at radius 1 is 1.23 bits per heavy atom. The Labute approximate surface area is 155 Å². The van der Waals surface area contributed by atoms with E-state index in [1.807, 2.05) is 0 Å². The standard InChI is InChI=1S/C20H18ClNO4/c1-2-26-17(23)11-15(12-6-5-7-13(21)10-12)18-19(24)14-8-3-4-9-16(14)22-20(18)25/h3-10,15H,2,11H2,1H3,(H2,22,24,25)/t15-/m0/s1. The summed E-state index contributed by atoms with van der Waals surface area (Å²) in [6.45, 7) is 1.95. The molecule has 0 aliphatic carbocycles. The third kappa shape index (κ3) is 3.58. The zero-order valence-electron chi connectivity index (χ0n) is 14.2. The molecule has 134 valence electrons. The van der Waals surface area contributed by atoms with Gasteiger partial charge in [0.2, 0.25) is 0 Å². The van der Waals surface area contributed by atoms with E-state index in [-0.39, 0.29) is 24.3 Å². The lowest BCUT2D eigenvalue weighted by Crippen LogP contribution is -2.20. The summed E-state index contributed by atoms with van der Waals surface area (Å²) in [6.07, 6.45) is -0.0802. The molecule has 0 saturated carbocycles. The van der Waals surface area contributed by atoms with Crippen molar-refractivity contribution in [1.29, 1.82) is 0 Å². The van der Waals surface area contributed by atoms with Crippen LogP contribution in [0.2, 0.25) is 5.02 Å². The van der Waals surface area contributed by atoms with Crippen LogP contribution in [0.25, 0.3) is 10.9 Å². The first kappa shape index (κ1) is 18.0. The van der Waals surface area contributed by atoms with Crippen molar-refractivity contribution in [3.63, 3.8) is 0 Å². The molecular weight excluding hydrogens is 354 g/mol. The molecule has 6 heteroatoms. The lowest BCUT2D eigenvalue weighted by atomic mass is 9.88. The van der Waals surface area contributed by atoms with Gasteiger partial charge in [-0.1, -0.05) is 35.9 Å². The Hall–Kier alpha value is -2.79. The Morgan fingerprint density at radius 2 is 2.00 bits per heavy atom. The fourth-order valence-electron chi connectivity index (χ4n) is 3.06. The molecule has 5 nitrogen and oxygen atoms in total. The van der Waals surface area contributed by atoms with Gasteiger partial charge < -0.3 is 14.8 Å². The first-order valence-electron chi connectivity index (χ1n) is 8.26.